The number of rotatable bonds is 8. The molecule has 1 aromatic carbocycles. The van der Waals surface area contributed by atoms with E-state index in [-0.39, 0.29) is 0 Å². The first-order valence-electron chi connectivity index (χ1n) is 7.17. The molecule has 2 rings (SSSR count). The van der Waals surface area contributed by atoms with E-state index in [9.17, 15) is 0 Å². The molecule has 1 heteroatoms. The van der Waals surface area contributed by atoms with E-state index in [4.69, 9.17) is 0 Å². The average molecular weight is 231 g/mol. The molecule has 0 saturated heterocycles. The van der Waals surface area contributed by atoms with E-state index >= 15 is 0 Å². The lowest BCUT2D eigenvalue weighted by Gasteiger charge is -2.16. The summed E-state index contributed by atoms with van der Waals surface area (Å²) in [5.74, 6) is 0.992. The number of nitrogens with one attached hydrogen (secondary N) is 1. The zero-order valence-corrected chi connectivity index (χ0v) is 11.0. The Bertz CT molecular complexity index is 303. The Morgan fingerprint density at radius 1 is 1.18 bits per heavy atom. The summed E-state index contributed by atoms with van der Waals surface area (Å²) in [7, 11) is 0. The maximum Gasteiger partial charge on any atom is 0.00952 e. The van der Waals surface area contributed by atoms with Crippen molar-refractivity contribution < 1.29 is 0 Å². The quantitative estimate of drug-likeness (QED) is 0.671. The highest BCUT2D eigenvalue weighted by Gasteiger charge is 2.29. The summed E-state index contributed by atoms with van der Waals surface area (Å²) in [4.78, 5) is 0. The van der Waals surface area contributed by atoms with Gasteiger partial charge in [-0.1, -0.05) is 43.7 Å². The van der Waals surface area contributed by atoms with E-state index in [1.165, 1.54) is 44.1 Å². The molecule has 1 nitrogen and oxygen atoms in total. The van der Waals surface area contributed by atoms with Gasteiger partial charge in [-0.3, -0.25) is 0 Å². The van der Waals surface area contributed by atoms with Gasteiger partial charge >= 0.3 is 0 Å². The first-order chi connectivity index (χ1) is 8.40. The van der Waals surface area contributed by atoms with E-state index in [2.05, 4.69) is 42.6 Å². The lowest BCUT2D eigenvalue weighted by atomic mass is 10.0. The zero-order chi connectivity index (χ0) is 11.9. The molecule has 1 unspecified atom stereocenters. The normalized spacial score (nSPS) is 17.0. The van der Waals surface area contributed by atoms with Crippen molar-refractivity contribution in [2.75, 3.05) is 6.54 Å². The molecule has 0 spiro atoms. The number of hydrogen-bond donors (Lipinski definition) is 1. The van der Waals surface area contributed by atoms with E-state index in [0.717, 1.165) is 18.5 Å². The number of hydrogen-bond acceptors (Lipinski definition) is 1. The fraction of sp³-hybridized carbons (Fsp3) is 0.625. The Morgan fingerprint density at radius 3 is 2.59 bits per heavy atom. The molecule has 1 aliphatic rings. The molecule has 0 bridgehead atoms. The first kappa shape index (κ1) is 12.6. The van der Waals surface area contributed by atoms with Gasteiger partial charge in [0, 0.05) is 6.04 Å². The van der Waals surface area contributed by atoms with Crippen molar-refractivity contribution in [1.29, 1.82) is 0 Å². The predicted octanol–water partition coefficient (Wildman–Crippen LogP) is 3.79. The Hall–Kier alpha value is -0.820. The minimum absolute atomic E-state index is 0.802. The summed E-state index contributed by atoms with van der Waals surface area (Å²) in [6.07, 6.45) is 8.21. The van der Waals surface area contributed by atoms with Gasteiger partial charge in [0.25, 0.3) is 0 Å². The maximum absolute atomic E-state index is 3.64. The molecule has 1 fully saturated rings. The monoisotopic (exact) mass is 231 g/mol. The van der Waals surface area contributed by atoms with Crippen LogP contribution < -0.4 is 5.32 Å². The summed E-state index contributed by atoms with van der Waals surface area (Å²) < 4.78 is 0. The Balaban J connectivity index is 1.61. The summed E-state index contributed by atoms with van der Waals surface area (Å²) >= 11 is 0. The van der Waals surface area contributed by atoms with E-state index < -0.39 is 0 Å². The van der Waals surface area contributed by atoms with Crippen molar-refractivity contribution in [1.82, 2.24) is 5.32 Å². The van der Waals surface area contributed by atoms with Crippen molar-refractivity contribution in [3.8, 4) is 0 Å². The molecule has 1 N–H and O–H groups in total. The third-order valence-electron chi connectivity index (χ3n) is 3.73. The lowest BCUT2D eigenvalue weighted by Crippen LogP contribution is -2.30. The van der Waals surface area contributed by atoms with E-state index in [1.807, 2.05) is 0 Å². The van der Waals surface area contributed by atoms with Gasteiger partial charge < -0.3 is 5.32 Å². The second kappa shape index (κ2) is 6.80. The Labute approximate surface area is 106 Å². The smallest absolute Gasteiger partial charge is 0.00952 e. The zero-order valence-electron chi connectivity index (χ0n) is 11.0. The minimum Gasteiger partial charge on any atom is -0.314 e. The fourth-order valence-corrected chi connectivity index (χ4v) is 2.60. The number of benzene rings is 1. The van der Waals surface area contributed by atoms with Crippen LogP contribution in [0.5, 0.6) is 0 Å². The highest BCUT2D eigenvalue weighted by molar-refractivity contribution is 5.14. The van der Waals surface area contributed by atoms with Crippen LogP contribution in [-0.2, 0) is 6.42 Å². The molecular formula is C16H25N. The van der Waals surface area contributed by atoms with Crippen molar-refractivity contribution in [3.63, 3.8) is 0 Å². The van der Waals surface area contributed by atoms with Crippen LogP contribution in [-0.4, -0.2) is 12.6 Å². The topological polar surface area (TPSA) is 12.0 Å². The van der Waals surface area contributed by atoms with Crippen LogP contribution in [0.3, 0.4) is 0 Å². The molecule has 0 heterocycles. The molecular weight excluding hydrogens is 206 g/mol. The van der Waals surface area contributed by atoms with Crippen LogP contribution in [0.15, 0.2) is 30.3 Å². The molecule has 17 heavy (non-hydrogen) atoms. The summed E-state index contributed by atoms with van der Waals surface area (Å²) in [5.41, 5.74) is 1.49. The highest BCUT2D eigenvalue weighted by Crippen LogP contribution is 2.34. The van der Waals surface area contributed by atoms with Crippen molar-refractivity contribution in [2.45, 2.75) is 51.5 Å². The van der Waals surface area contributed by atoms with Crippen LogP contribution in [0.2, 0.25) is 0 Å². The van der Waals surface area contributed by atoms with Gasteiger partial charge in [-0.2, -0.15) is 0 Å². The summed E-state index contributed by atoms with van der Waals surface area (Å²) in [6.45, 7) is 3.35. The van der Waals surface area contributed by atoms with Crippen LogP contribution in [0.4, 0.5) is 0 Å². The molecule has 94 valence electrons. The van der Waals surface area contributed by atoms with Crippen molar-refractivity contribution in [2.24, 2.45) is 5.92 Å². The van der Waals surface area contributed by atoms with Gasteiger partial charge in [0.15, 0.2) is 0 Å². The second-order valence-electron chi connectivity index (χ2n) is 5.23. The molecule has 1 atom stereocenters. The third kappa shape index (κ3) is 4.51. The molecule has 0 amide bonds. The van der Waals surface area contributed by atoms with Crippen LogP contribution in [0, 0.1) is 5.92 Å². The van der Waals surface area contributed by atoms with Crippen LogP contribution in [0.25, 0.3) is 0 Å². The molecule has 1 aliphatic carbocycles. The van der Waals surface area contributed by atoms with Crippen molar-refractivity contribution in [3.05, 3.63) is 35.9 Å². The highest BCUT2D eigenvalue weighted by atomic mass is 14.9. The fourth-order valence-electron chi connectivity index (χ4n) is 2.60. The number of aryl methyl sites for hydroxylation is 1. The van der Waals surface area contributed by atoms with E-state index in [0.29, 0.717) is 0 Å². The van der Waals surface area contributed by atoms with Gasteiger partial charge in [0.1, 0.15) is 0 Å². The van der Waals surface area contributed by atoms with E-state index in [1.54, 1.807) is 0 Å². The molecule has 0 radical (unpaired) electrons. The molecule has 0 aliphatic heterocycles. The van der Waals surface area contributed by atoms with Gasteiger partial charge in [-0.25, -0.2) is 0 Å². The van der Waals surface area contributed by atoms with Gasteiger partial charge in [-0.15, -0.1) is 0 Å². The average Bonchev–Trinajstić information content (AvgIpc) is 3.19. The van der Waals surface area contributed by atoms with Gasteiger partial charge in [0.2, 0.25) is 0 Å². The molecule has 0 aromatic heterocycles. The lowest BCUT2D eigenvalue weighted by molar-refractivity contribution is 0.428. The van der Waals surface area contributed by atoms with Crippen LogP contribution in [0.1, 0.15) is 44.6 Å². The summed E-state index contributed by atoms with van der Waals surface area (Å²) in [6, 6.07) is 11.7. The standard InChI is InChI=1S/C16H25N/c1-2-17-16(15-12-13-15)11-7-6-10-14-8-4-3-5-9-14/h3-5,8-9,15-17H,2,6-7,10-13H2,1H3. The second-order valence-corrected chi connectivity index (χ2v) is 5.23. The Morgan fingerprint density at radius 2 is 1.94 bits per heavy atom. The van der Waals surface area contributed by atoms with Crippen molar-refractivity contribution >= 4 is 0 Å². The third-order valence-corrected chi connectivity index (χ3v) is 3.73. The molecule has 1 aromatic rings. The Kier molecular flexibility index (Phi) is 5.06. The van der Waals surface area contributed by atoms with Gasteiger partial charge in [0.05, 0.1) is 0 Å². The van der Waals surface area contributed by atoms with Crippen LogP contribution >= 0.6 is 0 Å². The minimum atomic E-state index is 0.802. The van der Waals surface area contributed by atoms with Gasteiger partial charge in [-0.05, 0) is 50.1 Å². The largest absolute Gasteiger partial charge is 0.314 e. The summed E-state index contributed by atoms with van der Waals surface area (Å²) in [5, 5.41) is 3.64. The maximum atomic E-state index is 3.64. The number of unbranched alkanes of at least 4 members (excludes halogenated alkanes) is 1. The molecule has 1 saturated carbocycles. The predicted molar refractivity (Wildman–Crippen MR) is 74.2 cm³/mol. The first-order valence-corrected chi connectivity index (χ1v) is 7.17. The SMILES string of the molecule is CCNC(CCCCc1ccccc1)C1CC1.